The molecule has 7 heteroatoms. The largest absolute Gasteiger partial charge is 0.357 e. The number of aryl methyl sites for hydroxylation is 1. The molecular formula is C18H15BrN4O2. The van der Waals surface area contributed by atoms with Crippen molar-refractivity contribution < 1.29 is 4.92 Å². The second-order valence-corrected chi connectivity index (χ2v) is 6.38. The van der Waals surface area contributed by atoms with Crippen LogP contribution in [-0.2, 0) is 0 Å². The van der Waals surface area contributed by atoms with Gasteiger partial charge < -0.3 is 5.32 Å². The molecule has 25 heavy (non-hydrogen) atoms. The summed E-state index contributed by atoms with van der Waals surface area (Å²) in [6.07, 6.45) is 2.97. The summed E-state index contributed by atoms with van der Waals surface area (Å²) in [5.41, 5.74) is 2.93. The first-order valence-corrected chi connectivity index (χ1v) is 8.38. The maximum atomic E-state index is 10.9. The Labute approximate surface area is 153 Å². The van der Waals surface area contributed by atoms with Crippen LogP contribution in [0, 0.1) is 17.0 Å². The Morgan fingerprint density at radius 3 is 2.64 bits per heavy atom. The molecule has 0 amide bonds. The molecule has 0 aliphatic carbocycles. The lowest BCUT2D eigenvalue weighted by molar-refractivity contribution is -0.385. The topological polar surface area (TPSA) is 81.0 Å². The van der Waals surface area contributed by atoms with Crippen LogP contribution < -0.4 is 5.32 Å². The minimum atomic E-state index is -0.474. The van der Waals surface area contributed by atoms with Crippen molar-refractivity contribution in [3.05, 3.63) is 92.3 Å². The standard InChI is InChI=1S/C18H15BrN4O2/c1-12-5-4-6-13(9-12)17(16-7-2-3-8-20-16)22-18-15(19)10-14(11-21-18)23(24)25/h2-11,17H,1H3,(H,21,22). The van der Waals surface area contributed by atoms with Crippen LogP contribution in [0.15, 0.2) is 65.4 Å². The highest BCUT2D eigenvalue weighted by molar-refractivity contribution is 9.10. The third kappa shape index (κ3) is 4.00. The van der Waals surface area contributed by atoms with Gasteiger partial charge in [0.2, 0.25) is 0 Å². The lowest BCUT2D eigenvalue weighted by Gasteiger charge is -2.20. The average molecular weight is 399 g/mol. The van der Waals surface area contributed by atoms with Gasteiger partial charge in [-0.15, -0.1) is 0 Å². The molecule has 0 bridgehead atoms. The highest BCUT2D eigenvalue weighted by atomic mass is 79.9. The maximum absolute atomic E-state index is 10.9. The number of hydrogen-bond donors (Lipinski definition) is 1. The van der Waals surface area contributed by atoms with Gasteiger partial charge in [-0.2, -0.15) is 0 Å². The number of rotatable bonds is 5. The third-order valence-corrected chi connectivity index (χ3v) is 4.28. The van der Waals surface area contributed by atoms with Gasteiger partial charge >= 0.3 is 0 Å². The summed E-state index contributed by atoms with van der Waals surface area (Å²) in [5, 5.41) is 14.2. The first kappa shape index (κ1) is 17.0. The Morgan fingerprint density at radius 2 is 2.00 bits per heavy atom. The van der Waals surface area contributed by atoms with Crippen LogP contribution in [-0.4, -0.2) is 14.9 Å². The molecule has 1 N–H and O–H groups in total. The number of benzene rings is 1. The summed E-state index contributed by atoms with van der Waals surface area (Å²) in [5.74, 6) is 0.516. The van der Waals surface area contributed by atoms with E-state index in [1.807, 2.05) is 43.3 Å². The third-order valence-electron chi connectivity index (χ3n) is 3.68. The molecule has 6 nitrogen and oxygen atoms in total. The molecule has 2 heterocycles. The molecule has 1 aromatic carbocycles. The maximum Gasteiger partial charge on any atom is 0.288 e. The van der Waals surface area contributed by atoms with Crippen molar-refractivity contribution >= 4 is 27.4 Å². The van der Waals surface area contributed by atoms with Gasteiger partial charge in [0.05, 0.1) is 21.1 Å². The number of nitrogens with one attached hydrogen (secondary N) is 1. The van der Waals surface area contributed by atoms with E-state index in [1.165, 1.54) is 12.3 Å². The predicted octanol–water partition coefficient (Wildman–Crippen LogP) is 4.66. The zero-order chi connectivity index (χ0) is 17.8. The average Bonchev–Trinajstić information content (AvgIpc) is 2.61. The molecule has 0 spiro atoms. The Bertz CT molecular complexity index is 903. The van der Waals surface area contributed by atoms with E-state index >= 15 is 0 Å². The number of nitro groups is 1. The van der Waals surface area contributed by atoms with E-state index in [0.29, 0.717) is 10.3 Å². The van der Waals surface area contributed by atoms with E-state index in [-0.39, 0.29) is 11.7 Å². The molecule has 0 radical (unpaired) electrons. The van der Waals surface area contributed by atoms with Crippen LogP contribution >= 0.6 is 15.9 Å². The lowest BCUT2D eigenvalue weighted by Crippen LogP contribution is -2.15. The Morgan fingerprint density at radius 1 is 1.16 bits per heavy atom. The molecule has 0 fully saturated rings. The monoisotopic (exact) mass is 398 g/mol. The van der Waals surface area contributed by atoms with Gasteiger partial charge in [0.1, 0.15) is 12.0 Å². The van der Waals surface area contributed by atoms with Gasteiger partial charge in [-0.05, 0) is 40.5 Å². The fraction of sp³-hybridized carbons (Fsp3) is 0.111. The smallest absolute Gasteiger partial charge is 0.288 e. The molecule has 0 aliphatic rings. The zero-order valence-corrected chi connectivity index (χ0v) is 15.0. The van der Waals surface area contributed by atoms with Gasteiger partial charge in [-0.3, -0.25) is 15.1 Å². The fourth-order valence-corrected chi connectivity index (χ4v) is 2.95. The summed E-state index contributed by atoms with van der Waals surface area (Å²) in [4.78, 5) is 19.0. The van der Waals surface area contributed by atoms with E-state index in [4.69, 9.17) is 0 Å². The molecule has 3 rings (SSSR count). The first-order chi connectivity index (χ1) is 12.0. The second-order valence-electron chi connectivity index (χ2n) is 5.53. The van der Waals surface area contributed by atoms with Crippen molar-refractivity contribution in [1.29, 1.82) is 0 Å². The van der Waals surface area contributed by atoms with Crippen molar-refractivity contribution in [1.82, 2.24) is 9.97 Å². The molecule has 2 aromatic heterocycles. The van der Waals surface area contributed by atoms with E-state index < -0.39 is 4.92 Å². The van der Waals surface area contributed by atoms with E-state index in [9.17, 15) is 10.1 Å². The van der Waals surface area contributed by atoms with E-state index in [2.05, 4.69) is 37.3 Å². The number of hydrogen-bond acceptors (Lipinski definition) is 5. The number of pyridine rings is 2. The Hall–Kier alpha value is -2.80. The molecule has 0 saturated heterocycles. The number of aromatic nitrogens is 2. The SMILES string of the molecule is Cc1cccc(C(Nc2ncc([N+](=O)[O-])cc2Br)c2ccccn2)c1. The normalized spacial score (nSPS) is 11.8. The molecular weight excluding hydrogens is 384 g/mol. The van der Waals surface area contributed by atoms with Gasteiger partial charge in [-0.1, -0.05) is 35.9 Å². The Kier molecular flexibility index (Phi) is 5.04. The molecule has 0 saturated carbocycles. The molecule has 1 atom stereocenters. The van der Waals surface area contributed by atoms with Crippen molar-refractivity contribution in [2.45, 2.75) is 13.0 Å². The van der Waals surface area contributed by atoms with Gasteiger partial charge in [0.25, 0.3) is 5.69 Å². The van der Waals surface area contributed by atoms with Crippen LogP contribution in [0.2, 0.25) is 0 Å². The van der Waals surface area contributed by atoms with Gasteiger partial charge in [0, 0.05) is 12.3 Å². The number of nitrogens with zero attached hydrogens (tertiary/aromatic N) is 3. The quantitative estimate of drug-likeness (QED) is 0.499. The Balaban J connectivity index is 2.00. The molecule has 3 aromatic rings. The predicted molar refractivity (Wildman–Crippen MR) is 99.5 cm³/mol. The van der Waals surface area contributed by atoms with Crippen molar-refractivity contribution in [3.8, 4) is 0 Å². The van der Waals surface area contributed by atoms with E-state index in [0.717, 1.165) is 16.8 Å². The van der Waals surface area contributed by atoms with Gasteiger partial charge in [0.15, 0.2) is 0 Å². The molecule has 0 aliphatic heterocycles. The minimum Gasteiger partial charge on any atom is -0.357 e. The van der Waals surface area contributed by atoms with Gasteiger partial charge in [-0.25, -0.2) is 4.98 Å². The second kappa shape index (κ2) is 7.40. The van der Waals surface area contributed by atoms with Crippen molar-refractivity contribution in [3.63, 3.8) is 0 Å². The molecule has 1 unspecified atom stereocenters. The number of halogens is 1. The molecule has 126 valence electrons. The van der Waals surface area contributed by atoms with Crippen LogP contribution in [0.4, 0.5) is 11.5 Å². The van der Waals surface area contributed by atoms with Crippen LogP contribution in [0.3, 0.4) is 0 Å². The van der Waals surface area contributed by atoms with Crippen molar-refractivity contribution in [2.75, 3.05) is 5.32 Å². The highest BCUT2D eigenvalue weighted by Gasteiger charge is 2.19. The first-order valence-electron chi connectivity index (χ1n) is 7.58. The summed E-state index contributed by atoms with van der Waals surface area (Å²) in [6.45, 7) is 2.03. The van der Waals surface area contributed by atoms with Crippen LogP contribution in [0.5, 0.6) is 0 Å². The van der Waals surface area contributed by atoms with Crippen LogP contribution in [0.1, 0.15) is 22.9 Å². The summed E-state index contributed by atoms with van der Waals surface area (Å²) < 4.78 is 0.523. The highest BCUT2D eigenvalue weighted by Crippen LogP contribution is 2.30. The summed E-state index contributed by atoms with van der Waals surface area (Å²) in [6, 6.07) is 15.0. The lowest BCUT2D eigenvalue weighted by atomic mass is 10.0. The van der Waals surface area contributed by atoms with E-state index in [1.54, 1.807) is 6.20 Å². The van der Waals surface area contributed by atoms with Crippen LogP contribution in [0.25, 0.3) is 0 Å². The fourth-order valence-electron chi connectivity index (χ4n) is 2.50. The van der Waals surface area contributed by atoms with Crippen molar-refractivity contribution in [2.24, 2.45) is 0 Å². The summed E-state index contributed by atoms with van der Waals surface area (Å²) in [7, 11) is 0. The minimum absolute atomic E-state index is 0.0673. The number of anilines is 1. The summed E-state index contributed by atoms with van der Waals surface area (Å²) >= 11 is 3.35. The zero-order valence-electron chi connectivity index (χ0n) is 13.4.